The van der Waals surface area contributed by atoms with E-state index in [4.69, 9.17) is 4.74 Å². The molecule has 1 saturated carbocycles. The average molecular weight is 558 g/mol. The number of fused-ring (bicyclic) bond motifs is 1. The molecule has 0 spiro atoms. The predicted molar refractivity (Wildman–Crippen MR) is 164 cm³/mol. The summed E-state index contributed by atoms with van der Waals surface area (Å²) in [6, 6.07) is 17.9. The standard InChI is InChI=1S/C34H43N3O4/c1-20(2)29(36-33(40)41-34(6,7)8)32(39)37(28-18-23(28)5)30(27-17-21(3)13-14-22(27)4)31(38)35-26-16-15-24-11-9-10-12-25(24)19-26/h9-17,19-20,23,28-30H,18H2,1-8H3,(H,35,38)(H,36,40). The van der Waals surface area contributed by atoms with Gasteiger partial charge in [-0.05, 0) is 86.9 Å². The van der Waals surface area contributed by atoms with Crippen LogP contribution in [0.3, 0.4) is 0 Å². The Bertz CT molecular complexity index is 1440. The fourth-order valence-corrected chi connectivity index (χ4v) is 5.23. The molecule has 0 aliphatic heterocycles. The predicted octanol–water partition coefficient (Wildman–Crippen LogP) is 6.92. The number of nitrogens with one attached hydrogen (secondary N) is 2. The van der Waals surface area contributed by atoms with E-state index in [-0.39, 0.29) is 29.7 Å². The number of anilines is 1. The summed E-state index contributed by atoms with van der Waals surface area (Å²) in [4.78, 5) is 43.2. The third-order valence-electron chi connectivity index (χ3n) is 7.56. The SMILES string of the molecule is Cc1ccc(C)c(C(C(=O)Nc2ccc3ccccc3c2)N(C(=O)C(NC(=O)OC(C)(C)C)C(C)C)C2CC2C)c1. The van der Waals surface area contributed by atoms with E-state index in [0.717, 1.165) is 33.9 Å². The van der Waals surface area contributed by atoms with Crippen molar-refractivity contribution < 1.29 is 19.1 Å². The smallest absolute Gasteiger partial charge is 0.408 e. The number of amides is 3. The molecule has 7 nitrogen and oxygen atoms in total. The van der Waals surface area contributed by atoms with Gasteiger partial charge < -0.3 is 20.3 Å². The number of ether oxygens (including phenoxy) is 1. The van der Waals surface area contributed by atoms with Crippen molar-refractivity contribution in [2.45, 2.75) is 85.5 Å². The molecule has 4 atom stereocenters. The van der Waals surface area contributed by atoms with Crippen LogP contribution in [0.5, 0.6) is 0 Å². The van der Waals surface area contributed by atoms with E-state index in [2.05, 4.69) is 17.6 Å². The molecule has 2 N–H and O–H groups in total. The molecule has 0 bridgehead atoms. The number of nitrogens with zero attached hydrogens (tertiary/aromatic N) is 1. The monoisotopic (exact) mass is 557 g/mol. The second-order valence-electron chi connectivity index (χ2n) is 12.7. The van der Waals surface area contributed by atoms with Gasteiger partial charge in [0.2, 0.25) is 5.91 Å². The second-order valence-corrected chi connectivity index (χ2v) is 12.7. The van der Waals surface area contributed by atoms with Crippen LogP contribution in [-0.2, 0) is 14.3 Å². The topological polar surface area (TPSA) is 87.7 Å². The Morgan fingerprint density at radius 2 is 1.61 bits per heavy atom. The first-order valence-electron chi connectivity index (χ1n) is 14.4. The normalized spacial score (nSPS) is 18.0. The van der Waals surface area contributed by atoms with E-state index in [1.807, 2.05) is 88.4 Å². The number of benzene rings is 3. The summed E-state index contributed by atoms with van der Waals surface area (Å²) < 4.78 is 5.49. The van der Waals surface area contributed by atoms with E-state index < -0.39 is 23.8 Å². The molecule has 218 valence electrons. The van der Waals surface area contributed by atoms with Gasteiger partial charge in [-0.15, -0.1) is 0 Å². The maximum atomic E-state index is 14.4. The zero-order valence-electron chi connectivity index (χ0n) is 25.4. The molecular formula is C34H43N3O4. The van der Waals surface area contributed by atoms with Gasteiger partial charge in [0.1, 0.15) is 17.7 Å². The molecule has 4 rings (SSSR count). The molecule has 41 heavy (non-hydrogen) atoms. The number of carbonyl (C=O) groups excluding carboxylic acids is 3. The lowest BCUT2D eigenvalue weighted by atomic mass is 9.94. The summed E-state index contributed by atoms with van der Waals surface area (Å²) in [7, 11) is 0. The van der Waals surface area contributed by atoms with Gasteiger partial charge >= 0.3 is 6.09 Å². The van der Waals surface area contributed by atoms with Gasteiger partial charge in [0.25, 0.3) is 5.91 Å². The van der Waals surface area contributed by atoms with Crippen LogP contribution in [0.15, 0.2) is 60.7 Å². The number of hydrogen-bond donors (Lipinski definition) is 2. The molecular weight excluding hydrogens is 514 g/mol. The van der Waals surface area contributed by atoms with Crippen molar-refractivity contribution in [3.8, 4) is 0 Å². The molecule has 1 aliphatic rings. The highest BCUT2D eigenvalue weighted by molar-refractivity contribution is 6.01. The minimum Gasteiger partial charge on any atom is -0.444 e. The molecule has 3 amide bonds. The van der Waals surface area contributed by atoms with Crippen LogP contribution < -0.4 is 10.6 Å². The highest BCUT2D eigenvalue weighted by atomic mass is 16.6. The second kappa shape index (κ2) is 11.9. The summed E-state index contributed by atoms with van der Waals surface area (Å²) in [5.74, 6) is -0.579. The maximum Gasteiger partial charge on any atom is 0.408 e. The van der Waals surface area contributed by atoms with Gasteiger partial charge in [0.05, 0.1) is 0 Å². The third-order valence-corrected chi connectivity index (χ3v) is 7.56. The van der Waals surface area contributed by atoms with Crippen LogP contribution in [0.4, 0.5) is 10.5 Å². The van der Waals surface area contributed by atoms with Crippen LogP contribution in [0, 0.1) is 25.7 Å². The zero-order valence-corrected chi connectivity index (χ0v) is 25.4. The number of hydrogen-bond acceptors (Lipinski definition) is 4. The van der Waals surface area contributed by atoms with Crippen LogP contribution in [0.2, 0.25) is 0 Å². The van der Waals surface area contributed by atoms with Crippen LogP contribution in [0.25, 0.3) is 10.8 Å². The Balaban J connectivity index is 1.75. The van der Waals surface area contributed by atoms with E-state index in [1.54, 1.807) is 25.7 Å². The van der Waals surface area contributed by atoms with Crippen molar-refractivity contribution in [1.29, 1.82) is 0 Å². The van der Waals surface area contributed by atoms with Crippen molar-refractivity contribution in [2.75, 3.05) is 5.32 Å². The maximum absolute atomic E-state index is 14.4. The van der Waals surface area contributed by atoms with Gasteiger partial charge in [-0.3, -0.25) is 9.59 Å². The molecule has 0 radical (unpaired) electrons. The Labute approximate surface area is 243 Å². The molecule has 0 aromatic heterocycles. The summed E-state index contributed by atoms with van der Waals surface area (Å²) in [6.45, 7) is 15.1. The molecule has 1 aliphatic carbocycles. The van der Waals surface area contributed by atoms with Crippen LogP contribution in [0.1, 0.15) is 70.7 Å². The fourth-order valence-electron chi connectivity index (χ4n) is 5.23. The molecule has 7 heteroatoms. The van der Waals surface area contributed by atoms with Crippen LogP contribution in [-0.4, -0.2) is 40.5 Å². The highest BCUT2D eigenvalue weighted by Crippen LogP contribution is 2.42. The van der Waals surface area contributed by atoms with Crippen LogP contribution >= 0.6 is 0 Å². The summed E-state index contributed by atoms with van der Waals surface area (Å²) >= 11 is 0. The van der Waals surface area contributed by atoms with Crippen molar-refractivity contribution in [3.63, 3.8) is 0 Å². The summed E-state index contributed by atoms with van der Waals surface area (Å²) in [5, 5.41) is 8.00. The molecule has 3 aromatic carbocycles. The Kier molecular flexibility index (Phi) is 8.76. The van der Waals surface area contributed by atoms with Crippen molar-refractivity contribution >= 4 is 34.4 Å². The zero-order chi connectivity index (χ0) is 30.1. The first-order chi connectivity index (χ1) is 19.2. The Hall–Kier alpha value is -3.87. The van der Waals surface area contributed by atoms with Crippen molar-refractivity contribution in [3.05, 3.63) is 77.4 Å². The molecule has 1 fully saturated rings. The van der Waals surface area contributed by atoms with E-state index in [0.29, 0.717) is 5.69 Å². The van der Waals surface area contributed by atoms with Crippen molar-refractivity contribution in [2.24, 2.45) is 11.8 Å². The number of carbonyl (C=O) groups is 3. The number of aryl methyl sites for hydroxylation is 2. The molecule has 0 saturated heterocycles. The first kappa shape index (κ1) is 30.1. The highest BCUT2D eigenvalue weighted by Gasteiger charge is 2.49. The van der Waals surface area contributed by atoms with Gasteiger partial charge in [-0.2, -0.15) is 0 Å². The first-order valence-corrected chi connectivity index (χ1v) is 14.4. The van der Waals surface area contributed by atoms with E-state index >= 15 is 0 Å². The van der Waals surface area contributed by atoms with Gasteiger partial charge in [-0.1, -0.05) is 74.9 Å². The lowest BCUT2D eigenvalue weighted by Crippen LogP contribution is -2.55. The van der Waals surface area contributed by atoms with E-state index in [1.165, 1.54) is 0 Å². The lowest BCUT2D eigenvalue weighted by molar-refractivity contribution is -0.142. The number of rotatable bonds is 8. The molecule has 0 heterocycles. The summed E-state index contributed by atoms with van der Waals surface area (Å²) in [5.41, 5.74) is 2.64. The van der Waals surface area contributed by atoms with Gasteiger partial charge in [0, 0.05) is 11.7 Å². The lowest BCUT2D eigenvalue weighted by Gasteiger charge is -2.36. The average Bonchev–Trinajstić information content (AvgIpc) is 3.61. The Morgan fingerprint density at radius 1 is 0.951 bits per heavy atom. The quantitative estimate of drug-likeness (QED) is 0.315. The summed E-state index contributed by atoms with van der Waals surface area (Å²) in [6.07, 6.45) is 0.130. The third kappa shape index (κ3) is 7.26. The largest absolute Gasteiger partial charge is 0.444 e. The molecule has 3 aromatic rings. The molecule has 4 unspecified atom stereocenters. The van der Waals surface area contributed by atoms with E-state index in [9.17, 15) is 14.4 Å². The van der Waals surface area contributed by atoms with Crippen molar-refractivity contribution in [1.82, 2.24) is 10.2 Å². The minimum atomic E-state index is -0.884. The van der Waals surface area contributed by atoms with Gasteiger partial charge in [-0.25, -0.2) is 4.79 Å². The van der Waals surface area contributed by atoms with Gasteiger partial charge in [0.15, 0.2) is 0 Å². The Morgan fingerprint density at radius 3 is 2.22 bits per heavy atom. The minimum absolute atomic E-state index is 0.128. The number of alkyl carbamates (subject to hydrolysis) is 1. The fraction of sp³-hybridized carbons (Fsp3) is 0.441.